The summed E-state index contributed by atoms with van der Waals surface area (Å²) in [6.07, 6.45) is 2.34. The van der Waals surface area contributed by atoms with E-state index >= 15 is 0 Å². The number of nitrogen functional groups attached to an aromatic ring is 1. The van der Waals surface area contributed by atoms with Crippen molar-refractivity contribution in [2.45, 2.75) is 26.3 Å². The van der Waals surface area contributed by atoms with E-state index in [1.165, 1.54) is 0 Å². The predicted molar refractivity (Wildman–Crippen MR) is 121 cm³/mol. The molecule has 30 heavy (non-hydrogen) atoms. The van der Waals surface area contributed by atoms with Crippen molar-refractivity contribution in [1.29, 1.82) is 5.41 Å². The highest BCUT2D eigenvalue weighted by Crippen LogP contribution is 2.10. The maximum Gasteiger partial charge on any atom is 0.242 e. The van der Waals surface area contributed by atoms with Gasteiger partial charge in [0.1, 0.15) is 11.9 Å². The number of carbonyl (C=O) groups is 2. The van der Waals surface area contributed by atoms with Gasteiger partial charge >= 0.3 is 0 Å². The molecule has 0 bridgehead atoms. The summed E-state index contributed by atoms with van der Waals surface area (Å²) in [6.45, 7) is 4.22. The maximum atomic E-state index is 12.5. The molecule has 1 unspecified atom stereocenters. The minimum Gasteiger partial charge on any atom is -0.384 e. The van der Waals surface area contributed by atoms with Crippen molar-refractivity contribution in [2.75, 3.05) is 18.4 Å². The lowest BCUT2D eigenvalue weighted by molar-refractivity contribution is -0.129. The van der Waals surface area contributed by atoms with Gasteiger partial charge in [0.2, 0.25) is 11.8 Å². The monoisotopic (exact) mass is 432 g/mol. The Morgan fingerprint density at radius 2 is 1.93 bits per heavy atom. The summed E-state index contributed by atoms with van der Waals surface area (Å²) in [5.74, 6) is -0.616. The van der Waals surface area contributed by atoms with Gasteiger partial charge in [0.25, 0.3) is 0 Å². The third-order valence-corrected chi connectivity index (χ3v) is 4.30. The van der Waals surface area contributed by atoms with Crippen molar-refractivity contribution in [3.8, 4) is 0 Å². The van der Waals surface area contributed by atoms with Gasteiger partial charge in [-0.3, -0.25) is 20.0 Å². The molecule has 1 aromatic carbocycles. The first kappa shape index (κ1) is 24.9. The average Bonchev–Trinajstić information content (AvgIpc) is 2.71. The van der Waals surface area contributed by atoms with Gasteiger partial charge in [0.05, 0.1) is 6.54 Å². The number of nitrogens with two attached hydrogens (primary N) is 1. The first-order valence-corrected chi connectivity index (χ1v) is 9.52. The average molecular weight is 433 g/mol. The molecule has 1 heterocycles. The van der Waals surface area contributed by atoms with Gasteiger partial charge < -0.3 is 21.7 Å². The van der Waals surface area contributed by atoms with Crippen LogP contribution in [-0.4, -0.2) is 41.8 Å². The summed E-state index contributed by atoms with van der Waals surface area (Å²) in [4.78, 5) is 29.0. The Morgan fingerprint density at radius 3 is 2.57 bits per heavy atom. The quantitative estimate of drug-likeness (QED) is 0.288. The summed E-state index contributed by atoms with van der Waals surface area (Å²) in [5, 5.41) is 16.1. The Labute approximate surface area is 183 Å². The molecule has 8 nitrogen and oxygen atoms in total. The minimum atomic E-state index is -0.628. The van der Waals surface area contributed by atoms with Crippen LogP contribution in [0.15, 0.2) is 48.7 Å². The van der Waals surface area contributed by atoms with E-state index < -0.39 is 6.04 Å². The number of benzene rings is 1. The number of halogens is 1. The fourth-order valence-corrected chi connectivity index (χ4v) is 2.71. The standard InChI is InChI=1S/C21H28N6O2.ClH/c1-14(2)19(21(29)25-11-9-16-7-3-4-10-24-16)27-18(28)13-26-17-8-5-6-15(12-17)20(22)23;/h3-8,10,12,14,19,26H,9,11,13H2,1-2H3,(H3,22,23)(H,25,29)(H,27,28);1H. The molecule has 9 heteroatoms. The number of pyridine rings is 1. The third kappa shape index (κ3) is 8.08. The summed E-state index contributed by atoms with van der Waals surface area (Å²) < 4.78 is 0. The molecule has 2 aromatic rings. The molecule has 1 atom stereocenters. The van der Waals surface area contributed by atoms with Crippen LogP contribution in [0.1, 0.15) is 25.1 Å². The number of amides is 2. The van der Waals surface area contributed by atoms with Crippen LogP contribution in [0.4, 0.5) is 5.69 Å². The molecular weight excluding hydrogens is 404 g/mol. The van der Waals surface area contributed by atoms with E-state index in [-0.39, 0.29) is 42.5 Å². The molecule has 2 rings (SSSR count). The normalized spacial score (nSPS) is 11.2. The van der Waals surface area contributed by atoms with Gasteiger partial charge in [-0.15, -0.1) is 12.4 Å². The van der Waals surface area contributed by atoms with E-state index in [1.54, 1.807) is 30.5 Å². The van der Waals surface area contributed by atoms with Crippen LogP contribution >= 0.6 is 12.4 Å². The Balaban J connectivity index is 0.00000450. The molecule has 1 aromatic heterocycles. The van der Waals surface area contributed by atoms with E-state index in [2.05, 4.69) is 20.9 Å². The van der Waals surface area contributed by atoms with Crippen LogP contribution < -0.4 is 21.7 Å². The summed E-state index contributed by atoms with van der Waals surface area (Å²) >= 11 is 0. The Bertz CT molecular complexity index is 844. The van der Waals surface area contributed by atoms with Crippen molar-refractivity contribution in [2.24, 2.45) is 11.7 Å². The molecule has 0 fully saturated rings. The van der Waals surface area contributed by atoms with Gasteiger partial charge in [-0.2, -0.15) is 0 Å². The number of hydrogen-bond acceptors (Lipinski definition) is 5. The lowest BCUT2D eigenvalue weighted by Crippen LogP contribution is -2.51. The number of amidine groups is 1. The van der Waals surface area contributed by atoms with Gasteiger partial charge in [0.15, 0.2) is 0 Å². The van der Waals surface area contributed by atoms with Crippen LogP contribution in [0.25, 0.3) is 0 Å². The number of hydrogen-bond donors (Lipinski definition) is 5. The minimum absolute atomic E-state index is 0. The SMILES string of the molecule is CC(C)C(NC(=O)CNc1cccc(C(=N)N)c1)C(=O)NCCc1ccccn1.Cl. The van der Waals surface area contributed by atoms with Crippen molar-refractivity contribution < 1.29 is 9.59 Å². The Kier molecular flexibility index (Phi) is 10.3. The van der Waals surface area contributed by atoms with Crippen molar-refractivity contribution >= 4 is 35.7 Å². The maximum absolute atomic E-state index is 12.5. The van der Waals surface area contributed by atoms with E-state index in [4.69, 9.17) is 11.1 Å². The number of aromatic nitrogens is 1. The topological polar surface area (TPSA) is 133 Å². The largest absolute Gasteiger partial charge is 0.384 e. The zero-order chi connectivity index (χ0) is 21.2. The predicted octanol–water partition coefficient (Wildman–Crippen LogP) is 1.70. The van der Waals surface area contributed by atoms with Gasteiger partial charge in [-0.1, -0.05) is 32.0 Å². The first-order valence-electron chi connectivity index (χ1n) is 9.52. The Hall–Kier alpha value is -3.13. The van der Waals surface area contributed by atoms with Gasteiger partial charge in [0, 0.05) is 36.1 Å². The second-order valence-corrected chi connectivity index (χ2v) is 7.00. The molecule has 0 saturated carbocycles. The van der Waals surface area contributed by atoms with Crippen LogP contribution in [0.3, 0.4) is 0 Å². The van der Waals surface area contributed by atoms with Crippen molar-refractivity contribution in [1.82, 2.24) is 15.6 Å². The molecule has 6 N–H and O–H groups in total. The molecule has 0 aliphatic rings. The van der Waals surface area contributed by atoms with Crippen molar-refractivity contribution in [3.05, 3.63) is 59.9 Å². The smallest absolute Gasteiger partial charge is 0.242 e. The number of anilines is 1. The summed E-state index contributed by atoms with van der Waals surface area (Å²) in [5.41, 5.74) is 7.62. The van der Waals surface area contributed by atoms with E-state index in [0.29, 0.717) is 24.2 Å². The molecule has 162 valence electrons. The second-order valence-electron chi connectivity index (χ2n) is 7.00. The van der Waals surface area contributed by atoms with Gasteiger partial charge in [-0.05, 0) is 30.2 Å². The Morgan fingerprint density at radius 1 is 1.17 bits per heavy atom. The fraction of sp³-hybridized carbons (Fsp3) is 0.333. The zero-order valence-corrected chi connectivity index (χ0v) is 18.0. The lowest BCUT2D eigenvalue weighted by Gasteiger charge is -2.22. The third-order valence-electron chi connectivity index (χ3n) is 4.30. The first-order chi connectivity index (χ1) is 13.9. The summed E-state index contributed by atoms with van der Waals surface area (Å²) in [7, 11) is 0. The molecule has 0 radical (unpaired) electrons. The van der Waals surface area contributed by atoms with Crippen molar-refractivity contribution in [3.63, 3.8) is 0 Å². The zero-order valence-electron chi connectivity index (χ0n) is 17.1. The number of rotatable bonds is 10. The molecule has 2 amide bonds. The van der Waals surface area contributed by atoms with E-state index in [9.17, 15) is 9.59 Å². The highest BCUT2D eigenvalue weighted by Gasteiger charge is 2.23. The summed E-state index contributed by atoms with van der Waals surface area (Å²) in [6, 6.07) is 12.0. The van der Waals surface area contributed by atoms with Gasteiger partial charge in [-0.25, -0.2) is 0 Å². The molecule has 0 aliphatic heterocycles. The van der Waals surface area contributed by atoms with Crippen LogP contribution in [0.2, 0.25) is 0 Å². The fourth-order valence-electron chi connectivity index (χ4n) is 2.71. The highest BCUT2D eigenvalue weighted by molar-refractivity contribution is 5.96. The number of carbonyl (C=O) groups excluding carboxylic acids is 2. The molecule has 0 saturated heterocycles. The number of nitrogens with zero attached hydrogens (tertiary/aromatic N) is 1. The highest BCUT2D eigenvalue weighted by atomic mass is 35.5. The second kappa shape index (κ2) is 12.4. The van der Waals surface area contributed by atoms with Crippen LogP contribution in [0, 0.1) is 11.3 Å². The molecule has 0 aliphatic carbocycles. The van der Waals surface area contributed by atoms with E-state index in [1.807, 2.05) is 32.0 Å². The van der Waals surface area contributed by atoms with Crippen LogP contribution in [0.5, 0.6) is 0 Å². The number of nitrogens with one attached hydrogen (secondary N) is 4. The van der Waals surface area contributed by atoms with E-state index in [0.717, 1.165) is 5.69 Å². The molecule has 0 spiro atoms. The lowest BCUT2D eigenvalue weighted by atomic mass is 10.0. The van der Waals surface area contributed by atoms with Crippen LogP contribution in [-0.2, 0) is 16.0 Å². The molecular formula is C21H29ClN6O2.